The molecule has 1 aliphatic carbocycles. The first-order chi connectivity index (χ1) is 11.0. The van der Waals surface area contributed by atoms with Gasteiger partial charge < -0.3 is 19.9 Å². The van der Waals surface area contributed by atoms with Crippen LogP contribution in [0, 0.1) is 5.92 Å². The summed E-state index contributed by atoms with van der Waals surface area (Å²) in [5.41, 5.74) is 0.641. The Balaban J connectivity index is 2.23. The molecule has 1 fully saturated rings. The molecule has 1 aromatic carbocycles. The minimum Gasteiger partial charge on any atom is -0.497 e. The van der Waals surface area contributed by atoms with Crippen LogP contribution in [0.2, 0.25) is 0 Å². The van der Waals surface area contributed by atoms with Crippen LogP contribution in [0.1, 0.15) is 43.7 Å². The van der Waals surface area contributed by atoms with Crippen molar-refractivity contribution in [3.05, 3.63) is 23.8 Å². The number of benzene rings is 1. The van der Waals surface area contributed by atoms with Crippen molar-refractivity contribution < 1.29 is 24.2 Å². The summed E-state index contributed by atoms with van der Waals surface area (Å²) < 4.78 is 10.5. The molecular formula is C17H23NO5. The van der Waals surface area contributed by atoms with E-state index in [-0.39, 0.29) is 18.2 Å². The van der Waals surface area contributed by atoms with Gasteiger partial charge in [-0.25, -0.2) is 0 Å². The molecule has 0 saturated heterocycles. The third kappa shape index (κ3) is 4.37. The molecule has 1 aromatic rings. The molecule has 0 aromatic heterocycles. The molecule has 1 amide bonds. The van der Waals surface area contributed by atoms with E-state index in [0.29, 0.717) is 17.1 Å². The highest BCUT2D eigenvalue weighted by Crippen LogP contribution is 2.32. The minimum atomic E-state index is -0.973. The Labute approximate surface area is 135 Å². The summed E-state index contributed by atoms with van der Waals surface area (Å²) in [5, 5.41) is 12.0. The van der Waals surface area contributed by atoms with Crippen molar-refractivity contribution >= 4 is 11.9 Å². The standard InChI is InChI=1S/C17H23NO5/c1-22-12-7-8-13(15(9-12)23-2)14(10-16(19)20)18-17(21)11-5-3-4-6-11/h7-9,11,14H,3-6,10H2,1-2H3,(H,18,21)(H,19,20). The molecule has 0 radical (unpaired) electrons. The number of carboxylic acids is 1. The average molecular weight is 321 g/mol. The number of carbonyl (C=O) groups is 2. The van der Waals surface area contributed by atoms with E-state index in [0.717, 1.165) is 25.7 Å². The van der Waals surface area contributed by atoms with E-state index < -0.39 is 12.0 Å². The fraction of sp³-hybridized carbons (Fsp3) is 0.529. The number of methoxy groups -OCH3 is 2. The Morgan fingerprint density at radius 1 is 1.26 bits per heavy atom. The molecule has 2 rings (SSSR count). The first kappa shape index (κ1) is 17.1. The number of carboxylic acid groups (broad SMARTS) is 1. The zero-order valence-electron chi connectivity index (χ0n) is 13.5. The Morgan fingerprint density at radius 2 is 1.96 bits per heavy atom. The van der Waals surface area contributed by atoms with Crippen molar-refractivity contribution in [2.24, 2.45) is 5.92 Å². The lowest BCUT2D eigenvalue weighted by atomic mass is 10.00. The second-order valence-corrected chi connectivity index (χ2v) is 5.75. The van der Waals surface area contributed by atoms with Crippen LogP contribution in [0.25, 0.3) is 0 Å². The van der Waals surface area contributed by atoms with Gasteiger partial charge in [-0.3, -0.25) is 9.59 Å². The van der Waals surface area contributed by atoms with Gasteiger partial charge >= 0.3 is 5.97 Å². The SMILES string of the molecule is COc1ccc(C(CC(=O)O)NC(=O)C2CCCC2)c(OC)c1. The molecule has 2 N–H and O–H groups in total. The maximum Gasteiger partial charge on any atom is 0.305 e. The number of hydrogen-bond acceptors (Lipinski definition) is 4. The third-order valence-corrected chi connectivity index (χ3v) is 4.24. The van der Waals surface area contributed by atoms with Crippen LogP contribution >= 0.6 is 0 Å². The lowest BCUT2D eigenvalue weighted by Gasteiger charge is -2.22. The summed E-state index contributed by atoms with van der Waals surface area (Å²) in [7, 11) is 3.06. The van der Waals surface area contributed by atoms with Gasteiger partial charge in [0.25, 0.3) is 0 Å². The Hall–Kier alpha value is -2.24. The summed E-state index contributed by atoms with van der Waals surface area (Å²) in [6.45, 7) is 0. The minimum absolute atomic E-state index is 0.0180. The molecule has 6 nitrogen and oxygen atoms in total. The third-order valence-electron chi connectivity index (χ3n) is 4.24. The number of rotatable bonds is 7. The van der Waals surface area contributed by atoms with Crippen LogP contribution in [0.15, 0.2) is 18.2 Å². The Morgan fingerprint density at radius 3 is 2.52 bits per heavy atom. The second-order valence-electron chi connectivity index (χ2n) is 5.75. The van der Waals surface area contributed by atoms with Gasteiger partial charge in [-0.05, 0) is 25.0 Å². The van der Waals surface area contributed by atoms with Crippen LogP contribution in [0.3, 0.4) is 0 Å². The van der Waals surface area contributed by atoms with E-state index in [2.05, 4.69) is 5.32 Å². The molecule has 0 aliphatic heterocycles. The molecule has 6 heteroatoms. The van der Waals surface area contributed by atoms with E-state index in [9.17, 15) is 14.7 Å². The van der Waals surface area contributed by atoms with Crippen LogP contribution in [-0.4, -0.2) is 31.2 Å². The van der Waals surface area contributed by atoms with Crippen molar-refractivity contribution in [2.75, 3.05) is 14.2 Å². The van der Waals surface area contributed by atoms with E-state index >= 15 is 0 Å². The van der Waals surface area contributed by atoms with Crippen LogP contribution in [0.4, 0.5) is 0 Å². The van der Waals surface area contributed by atoms with E-state index in [1.54, 1.807) is 25.3 Å². The van der Waals surface area contributed by atoms with Gasteiger partial charge in [-0.15, -0.1) is 0 Å². The molecule has 126 valence electrons. The molecule has 1 unspecified atom stereocenters. The molecule has 23 heavy (non-hydrogen) atoms. The Bertz CT molecular complexity index is 566. The zero-order valence-corrected chi connectivity index (χ0v) is 13.5. The topological polar surface area (TPSA) is 84.9 Å². The van der Waals surface area contributed by atoms with Gasteiger partial charge in [-0.2, -0.15) is 0 Å². The highest BCUT2D eigenvalue weighted by Gasteiger charge is 2.27. The van der Waals surface area contributed by atoms with Gasteiger partial charge in [0.15, 0.2) is 0 Å². The van der Waals surface area contributed by atoms with E-state index in [4.69, 9.17) is 9.47 Å². The lowest BCUT2D eigenvalue weighted by Crippen LogP contribution is -2.34. The summed E-state index contributed by atoms with van der Waals surface area (Å²) >= 11 is 0. The number of nitrogens with one attached hydrogen (secondary N) is 1. The highest BCUT2D eigenvalue weighted by atomic mass is 16.5. The van der Waals surface area contributed by atoms with Crippen molar-refractivity contribution in [1.29, 1.82) is 0 Å². The number of aliphatic carboxylic acids is 1. The Kier molecular flexibility index (Phi) is 5.84. The summed E-state index contributed by atoms with van der Waals surface area (Å²) in [6.07, 6.45) is 3.64. The van der Waals surface area contributed by atoms with Crippen LogP contribution < -0.4 is 14.8 Å². The van der Waals surface area contributed by atoms with Crippen LogP contribution in [-0.2, 0) is 9.59 Å². The average Bonchev–Trinajstić information content (AvgIpc) is 3.07. The molecular weight excluding hydrogens is 298 g/mol. The molecule has 1 saturated carbocycles. The molecule has 0 spiro atoms. The van der Waals surface area contributed by atoms with Gasteiger partial charge in [0.1, 0.15) is 11.5 Å². The van der Waals surface area contributed by atoms with E-state index in [1.807, 2.05) is 0 Å². The number of amides is 1. The molecule has 1 atom stereocenters. The molecule has 1 aliphatic rings. The summed E-state index contributed by atoms with van der Waals surface area (Å²) in [6, 6.07) is 4.53. The van der Waals surface area contributed by atoms with Crippen LogP contribution in [0.5, 0.6) is 11.5 Å². The predicted molar refractivity (Wildman–Crippen MR) is 84.6 cm³/mol. The first-order valence-corrected chi connectivity index (χ1v) is 7.79. The summed E-state index contributed by atoms with van der Waals surface area (Å²) in [4.78, 5) is 23.6. The normalized spacial score (nSPS) is 15.9. The van der Waals surface area contributed by atoms with Crippen molar-refractivity contribution in [3.63, 3.8) is 0 Å². The summed E-state index contributed by atoms with van der Waals surface area (Å²) in [5.74, 6) is 0.0471. The van der Waals surface area contributed by atoms with E-state index in [1.165, 1.54) is 7.11 Å². The first-order valence-electron chi connectivity index (χ1n) is 7.79. The number of carbonyl (C=O) groups excluding carboxylic acids is 1. The van der Waals surface area contributed by atoms with Gasteiger partial charge in [0.2, 0.25) is 5.91 Å². The quantitative estimate of drug-likeness (QED) is 0.806. The van der Waals surface area contributed by atoms with Crippen molar-refractivity contribution in [1.82, 2.24) is 5.32 Å². The van der Waals surface area contributed by atoms with Crippen molar-refractivity contribution in [2.45, 2.75) is 38.1 Å². The fourth-order valence-electron chi connectivity index (χ4n) is 3.00. The van der Waals surface area contributed by atoms with Crippen molar-refractivity contribution in [3.8, 4) is 11.5 Å². The second kappa shape index (κ2) is 7.85. The lowest BCUT2D eigenvalue weighted by molar-refractivity contribution is -0.138. The van der Waals surface area contributed by atoms with Gasteiger partial charge in [0, 0.05) is 17.5 Å². The molecule has 0 heterocycles. The smallest absolute Gasteiger partial charge is 0.305 e. The monoisotopic (exact) mass is 321 g/mol. The maximum absolute atomic E-state index is 12.4. The largest absolute Gasteiger partial charge is 0.497 e. The molecule has 0 bridgehead atoms. The zero-order chi connectivity index (χ0) is 16.8. The number of hydrogen-bond donors (Lipinski definition) is 2. The highest BCUT2D eigenvalue weighted by molar-refractivity contribution is 5.80. The fourth-order valence-corrected chi connectivity index (χ4v) is 3.00. The van der Waals surface area contributed by atoms with Gasteiger partial charge in [-0.1, -0.05) is 12.8 Å². The predicted octanol–water partition coefficient (Wildman–Crippen LogP) is 2.53. The van der Waals surface area contributed by atoms with Gasteiger partial charge in [0.05, 0.1) is 26.7 Å². The maximum atomic E-state index is 12.4. The number of ether oxygens (including phenoxy) is 2.